The van der Waals surface area contributed by atoms with Gasteiger partial charge in [-0.05, 0) is 28.2 Å². The Morgan fingerprint density at radius 1 is 1.04 bits per heavy atom. The quantitative estimate of drug-likeness (QED) is 0.850. The fourth-order valence-electron chi connectivity index (χ4n) is 3.74. The first-order valence-corrected chi connectivity index (χ1v) is 8.81. The van der Waals surface area contributed by atoms with E-state index in [1.165, 1.54) is 22.3 Å². The molecule has 0 saturated heterocycles. The summed E-state index contributed by atoms with van der Waals surface area (Å²) >= 11 is 0. The number of amides is 1. The third-order valence-electron chi connectivity index (χ3n) is 5.20. The summed E-state index contributed by atoms with van der Waals surface area (Å²) in [4.78, 5) is 12.3. The molecule has 0 aliphatic heterocycles. The maximum atomic E-state index is 12.3. The zero-order valence-corrected chi connectivity index (χ0v) is 14.3. The molecule has 1 amide bonds. The SMILES string of the molecule is CC1CC#CCC1NC(=O)OCC1c2ccccc2-c2ccccc21. The summed E-state index contributed by atoms with van der Waals surface area (Å²) in [5.41, 5.74) is 4.94. The number of alkyl carbamates (subject to hydrolysis) is 1. The van der Waals surface area contributed by atoms with E-state index in [1.807, 2.05) is 12.1 Å². The van der Waals surface area contributed by atoms with Crippen molar-refractivity contribution in [1.82, 2.24) is 5.32 Å². The van der Waals surface area contributed by atoms with Gasteiger partial charge < -0.3 is 10.1 Å². The Morgan fingerprint density at radius 3 is 2.28 bits per heavy atom. The van der Waals surface area contributed by atoms with Crippen LogP contribution in [0.1, 0.15) is 36.8 Å². The first-order valence-electron chi connectivity index (χ1n) is 8.81. The van der Waals surface area contributed by atoms with Gasteiger partial charge in [-0.15, -0.1) is 11.8 Å². The van der Waals surface area contributed by atoms with Crippen molar-refractivity contribution in [3.05, 3.63) is 59.7 Å². The zero-order chi connectivity index (χ0) is 17.2. The van der Waals surface area contributed by atoms with Gasteiger partial charge in [0.05, 0.1) is 0 Å². The van der Waals surface area contributed by atoms with Crippen LogP contribution in [0.15, 0.2) is 48.5 Å². The third-order valence-corrected chi connectivity index (χ3v) is 5.20. The van der Waals surface area contributed by atoms with Crippen molar-refractivity contribution in [2.24, 2.45) is 5.92 Å². The number of carbonyl (C=O) groups is 1. The molecule has 0 saturated carbocycles. The first-order chi connectivity index (χ1) is 12.2. The lowest BCUT2D eigenvalue weighted by molar-refractivity contribution is 0.135. The molecule has 0 bridgehead atoms. The molecule has 25 heavy (non-hydrogen) atoms. The molecule has 1 N–H and O–H groups in total. The van der Waals surface area contributed by atoms with Crippen LogP contribution in [0.2, 0.25) is 0 Å². The summed E-state index contributed by atoms with van der Waals surface area (Å²) in [7, 11) is 0. The molecule has 0 spiro atoms. The van der Waals surface area contributed by atoms with E-state index < -0.39 is 0 Å². The number of fused-ring (bicyclic) bond motifs is 3. The summed E-state index contributed by atoms with van der Waals surface area (Å²) in [6, 6.07) is 16.8. The standard InChI is InChI=1S/C22H21NO2/c1-15-8-2-7-13-21(15)23-22(24)25-14-20-18-11-5-3-9-16(18)17-10-4-6-12-19(17)20/h3-6,9-12,15,20-21H,8,13-14H2,1H3,(H,23,24). The van der Waals surface area contributed by atoms with Gasteiger partial charge in [0.1, 0.15) is 6.61 Å². The lowest BCUT2D eigenvalue weighted by Gasteiger charge is -2.24. The second-order valence-electron chi connectivity index (χ2n) is 6.82. The fourth-order valence-corrected chi connectivity index (χ4v) is 3.74. The Labute approximate surface area is 148 Å². The molecule has 0 radical (unpaired) electrons. The highest BCUT2D eigenvalue weighted by Gasteiger charge is 2.29. The van der Waals surface area contributed by atoms with Crippen molar-refractivity contribution in [1.29, 1.82) is 0 Å². The number of nitrogens with one attached hydrogen (secondary N) is 1. The molecule has 3 nitrogen and oxygen atoms in total. The monoisotopic (exact) mass is 331 g/mol. The van der Waals surface area contributed by atoms with Crippen molar-refractivity contribution >= 4 is 6.09 Å². The predicted octanol–water partition coefficient (Wildman–Crippen LogP) is 4.33. The van der Waals surface area contributed by atoms with E-state index in [-0.39, 0.29) is 18.1 Å². The van der Waals surface area contributed by atoms with E-state index >= 15 is 0 Å². The molecule has 2 aliphatic carbocycles. The van der Waals surface area contributed by atoms with Gasteiger partial charge in [-0.1, -0.05) is 55.5 Å². The summed E-state index contributed by atoms with van der Waals surface area (Å²) in [5, 5.41) is 2.98. The second-order valence-corrected chi connectivity index (χ2v) is 6.82. The Balaban J connectivity index is 1.46. The number of rotatable bonds is 3. The van der Waals surface area contributed by atoms with E-state index in [0.717, 1.165) is 6.42 Å². The van der Waals surface area contributed by atoms with Gasteiger partial charge in [0.15, 0.2) is 0 Å². The lowest BCUT2D eigenvalue weighted by atomic mass is 9.92. The van der Waals surface area contributed by atoms with Crippen molar-refractivity contribution in [3.8, 4) is 23.0 Å². The van der Waals surface area contributed by atoms with Gasteiger partial charge in [0, 0.05) is 24.8 Å². The molecular formula is C22H21NO2. The minimum absolute atomic E-state index is 0.0805. The van der Waals surface area contributed by atoms with Crippen LogP contribution in [-0.2, 0) is 4.74 Å². The van der Waals surface area contributed by atoms with Crippen LogP contribution in [0.5, 0.6) is 0 Å². The van der Waals surface area contributed by atoms with E-state index in [0.29, 0.717) is 18.9 Å². The first kappa shape index (κ1) is 15.8. The second kappa shape index (κ2) is 6.64. The van der Waals surface area contributed by atoms with Gasteiger partial charge >= 0.3 is 6.09 Å². The van der Waals surface area contributed by atoms with Crippen molar-refractivity contribution in [2.75, 3.05) is 6.61 Å². The van der Waals surface area contributed by atoms with E-state index in [2.05, 4.69) is 60.5 Å². The molecular weight excluding hydrogens is 310 g/mol. The summed E-state index contributed by atoms with van der Waals surface area (Å²) in [5.74, 6) is 6.63. The molecule has 2 unspecified atom stereocenters. The molecule has 0 fully saturated rings. The average Bonchev–Trinajstić information content (AvgIpc) is 2.96. The van der Waals surface area contributed by atoms with Crippen LogP contribution in [0.25, 0.3) is 11.1 Å². The highest BCUT2D eigenvalue weighted by atomic mass is 16.5. The van der Waals surface area contributed by atoms with Crippen LogP contribution < -0.4 is 5.32 Å². The maximum Gasteiger partial charge on any atom is 0.407 e. The molecule has 3 heteroatoms. The number of benzene rings is 2. The highest BCUT2D eigenvalue weighted by molar-refractivity contribution is 5.79. The van der Waals surface area contributed by atoms with Gasteiger partial charge in [0.25, 0.3) is 0 Å². The maximum absolute atomic E-state index is 12.3. The van der Waals surface area contributed by atoms with Gasteiger partial charge in [0.2, 0.25) is 0 Å². The molecule has 2 aromatic rings. The molecule has 126 valence electrons. The molecule has 2 aliphatic rings. The van der Waals surface area contributed by atoms with Crippen LogP contribution in [-0.4, -0.2) is 18.7 Å². The molecule has 0 aromatic heterocycles. The van der Waals surface area contributed by atoms with Gasteiger partial charge in [-0.3, -0.25) is 0 Å². The van der Waals surface area contributed by atoms with E-state index in [9.17, 15) is 4.79 Å². The predicted molar refractivity (Wildman–Crippen MR) is 98.2 cm³/mol. The topological polar surface area (TPSA) is 38.3 Å². The Hall–Kier alpha value is -2.73. The highest BCUT2D eigenvalue weighted by Crippen LogP contribution is 2.44. The minimum Gasteiger partial charge on any atom is -0.449 e. The molecule has 4 rings (SSSR count). The lowest BCUT2D eigenvalue weighted by Crippen LogP contribution is -2.40. The molecule has 2 aromatic carbocycles. The smallest absolute Gasteiger partial charge is 0.407 e. The largest absolute Gasteiger partial charge is 0.449 e. The zero-order valence-electron chi connectivity index (χ0n) is 14.3. The van der Waals surface area contributed by atoms with Crippen LogP contribution in [0.4, 0.5) is 4.79 Å². The van der Waals surface area contributed by atoms with Crippen molar-refractivity contribution < 1.29 is 9.53 Å². The minimum atomic E-state index is -0.345. The van der Waals surface area contributed by atoms with Gasteiger partial charge in [-0.2, -0.15) is 0 Å². The van der Waals surface area contributed by atoms with E-state index in [1.54, 1.807) is 0 Å². The number of hydrogen-bond acceptors (Lipinski definition) is 2. The fraction of sp³-hybridized carbons (Fsp3) is 0.318. The van der Waals surface area contributed by atoms with E-state index in [4.69, 9.17) is 4.74 Å². The average molecular weight is 331 g/mol. The number of carbonyl (C=O) groups excluding carboxylic acids is 1. The van der Waals surface area contributed by atoms with Crippen molar-refractivity contribution in [3.63, 3.8) is 0 Å². The summed E-state index contributed by atoms with van der Waals surface area (Å²) in [6.07, 6.45) is 1.18. The Bertz CT molecular complexity index is 816. The number of hydrogen-bond donors (Lipinski definition) is 1. The van der Waals surface area contributed by atoms with Crippen LogP contribution >= 0.6 is 0 Å². The van der Waals surface area contributed by atoms with Crippen LogP contribution in [0, 0.1) is 17.8 Å². The third kappa shape index (κ3) is 3.00. The Kier molecular flexibility index (Phi) is 4.19. The Morgan fingerprint density at radius 2 is 1.64 bits per heavy atom. The van der Waals surface area contributed by atoms with Gasteiger partial charge in [-0.25, -0.2) is 4.79 Å². The number of ether oxygens (including phenoxy) is 1. The van der Waals surface area contributed by atoms with Crippen LogP contribution in [0.3, 0.4) is 0 Å². The molecule has 2 atom stereocenters. The van der Waals surface area contributed by atoms with Crippen molar-refractivity contribution in [2.45, 2.75) is 31.7 Å². The summed E-state index contributed by atoms with van der Waals surface area (Å²) in [6.45, 7) is 2.47. The molecule has 0 heterocycles. The normalized spacial score (nSPS) is 20.8. The summed E-state index contributed by atoms with van der Waals surface area (Å²) < 4.78 is 5.59.